The predicted molar refractivity (Wildman–Crippen MR) is 111 cm³/mol. The minimum absolute atomic E-state index is 0.232. The highest BCUT2D eigenvalue weighted by Crippen LogP contribution is 2.25. The van der Waals surface area contributed by atoms with Crippen LogP contribution in [0.1, 0.15) is 16.1 Å². The molecule has 0 aliphatic heterocycles. The summed E-state index contributed by atoms with van der Waals surface area (Å²) < 4.78 is 2.45. The summed E-state index contributed by atoms with van der Waals surface area (Å²) in [5, 5.41) is 7.10. The van der Waals surface area contributed by atoms with Crippen LogP contribution >= 0.6 is 15.9 Å². The van der Waals surface area contributed by atoms with Crippen LogP contribution in [0.4, 0.5) is 5.69 Å². The molecule has 1 amide bonds. The third-order valence-corrected chi connectivity index (χ3v) is 4.77. The average molecular weight is 434 g/mol. The first-order valence-electron chi connectivity index (χ1n) is 8.61. The van der Waals surface area contributed by atoms with Gasteiger partial charge in [0.15, 0.2) is 0 Å². The van der Waals surface area contributed by atoms with E-state index in [9.17, 15) is 4.79 Å². The lowest BCUT2D eigenvalue weighted by Gasteiger charge is -2.13. The Morgan fingerprint density at radius 1 is 1.07 bits per heavy atom. The molecule has 138 valence electrons. The fraction of sp³-hybridized carbons (Fsp3) is 0.0476. The Balaban J connectivity index is 1.64. The Morgan fingerprint density at radius 3 is 2.61 bits per heavy atom. The largest absolute Gasteiger partial charge is 0.320 e. The molecule has 0 unspecified atom stereocenters. The molecule has 28 heavy (non-hydrogen) atoms. The number of nitrogens with one attached hydrogen (secondary N) is 1. The number of halogens is 1. The van der Waals surface area contributed by atoms with Crippen LogP contribution in [0.5, 0.6) is 0 Å². The van der Waals surface area contributed by atoms with E-state index in [0.29, 0.717) is 16.9 Å². The topological polar surface area (TPSA) is 72.7 Å². The third kappa shape index (κ3) is 3.70. The number of nitrogens with zero attached hydrogens (tertiary/aromatic N) is 4. The number of pyridine rings is 1. The molecule has 0 bridgehead atoms. The molecular formula is C21H16BrN5O. The number of rotatable bonds is 4. The van der Waals surface area contributed by atoms with Crippen LogP contribution in [0.3, 0.4) is 0 Å². The molecule has 4 rings (SSSR count). The number of aryl methyl sites for hydroxylation is 1. The molecule has 2 heterocycles. The van der Waals surface area contributed by atoms with Gasteiger partial charge in [-0.25, -0.2) is 9.67 Å². The van der Waals surface area contributed by atoms with Gasteiger partial charge in [0.25, 0.3) is 5.91 Å². The highest BCUT2D eigenvalue weighted by molar-refractivity contribution is 9.10. The van der Waals surface area contributed by atoms with E-state index in [0.717, 1.165) is 21.4 Å². The van der Waals surface area contributed by atoms with Crippen LogP contribution < -0.4 is 5.32 Å². The van der Waals surface area contributed by atoms with E-state index in [1.54, 1.807) is 17.1 Å². The number of benzene rings is 2. The maximum atomic E-state index is 12.9. The Bertz CT molecular complexity index is 1130. The lowest BCUT2D eigenvalue weighted by molar-refractivity contribution is 0.102. The zero-order valence-corrected chi connectivity index (χ0v) is 16.6. The summed E-state index contributed by atoms with van der Waals surface area (Å²) in [6.45, 7) is 1.83. The molecule has 2 aromatic carbocycles. The number of aromatic nitrogens is 4. The third-order valence-electron chi connectivity index (χ3n) is 4.27. The van der Waals surface area contributed by atoms with Crippen molar-refractivity contribution in [3.05, 3.63) is 89.0 Å². The van der Waals surface area contributed by atoms with Gasteiger partial charge in [-0.3, -0.25) is 9.78 Å². The van der Waals surface area contributed by atoms with E-state index in [2.05, 4.69) is 36.3 Å². The molecule has 4 aromatic rings. The van der Waals surface area contributed by atoms with Crippen molar-refractivity contribution in [1.29, 1.82) is 0 Å². The quantitative estimate of drug-likeness (QED) is 0.508. The summed E-state index contributed by atoms with van der Waals surface area (Å²) in [5.74, 6) is -0.232. The minimum atomic E-state index is -0.232. The minimum Gasteiger partial charge on any atom is -0.320 e. The second-order valence-corrected chi connectivity index (χ2v) is 7.07. The van der Waals surface area contributed by atoms with Gasteiger partial charge in [0.2, 0.25) is 0 Å². The zero-order valence-electron chi connectivity index (χ0n) is 15.0. The number of amides is 1. The molecule has 7 heteroatoms. The van der Waals surface area contributed by atoms with Crippen molar-refractivity contribution in [3.8, 4) is 16.9 Å². The van der Waals surface area contributed by atoms with Crippen LogP contribution in [-0.4, -0.2) is 25.7 Å². The first kappa shape index (κ1) is 18.1. The molecule has 0 radical (unpaired) electrons. The summed E-state index contributed by atoms with van der Waals surface area (Å²) in [6, 6.07) is 19.1. The van der Waals surface area contributed by atoms with Gasteiger partial charge >= 0.3 is 0 Å². The van der Waals surface area contributed by atoms with Gasteiger partial charge in [-0.05, 0) is 37.3 Å². The van der Waals surface area contributed by atoms with E-state index < -0.39 is 0 Å². The average Bonchev–Trinajstić information content (AvgIpc) is 3.23. The Hall–Kier alpha value is -3.32. The molecule has 0 fully saturated rings. The van der Waals surface area contributed by atoms with Crippen LogP contribution in [0.25, 0.3) is 16.9 Å². The van der Waals surface area contributed by atoms with Crippen molar-refractivity contribution in [2.75, 3.05) is 5.32 Å². The standard InChI is InChI=1S/C21H16BrN5O/c1-14-17(8-9-18(25-14)15-5-3-2-4-6-15)21(28)26-19-11-16(22)7-10-20(19)27-13-23-12-24-27/h2-13H,1H3,(H,26,28). The van der Waals surface area contributed by atoms with Gasteiger partial charge in [-0.2, -0.15) is 5.10 Å². The normalized spacial score (nSPS) is 10.6. The van der Waals surface area contributed by atoms with Crippen molar-refractivity contribution in [2.45, 2.75) is 6.92 Å². The second-order valence-electron chi connectivity index (χ2n) is 6.15. The van der Waals surface area contributed by atoms with E-state index in [1.165, 1.54) is 6.33 Å². The molecule has 0 spiro atoms. The van der Waals surface area contributed by atoms with E-state index in [-0.39, 0.29) is 5.91 Å². The van der Waals surface area contributed by atoms with Gasteiger partial charge in [0.05, 0.1) is 28.3 Å². The second kappa shape index (κ2) is 7.74. The van der Waals surface area contributed by atoms with E-state index in [1.807, 2.05) is 61.5 Å². The van der Waals surface area contributed by atoms with Crippen LogP contribution in [0.15, 0.2) is 77.8 Å². The summed E-state index contributed by atoms with van der Waals surface area (Å²) in [7, 11) is 0. The van der Waals surface area contributed by atoms with Crippen LogP contribution in [0, 0.1) is 6.92 Å². The Morgan fingerprint density at radius 2 is 1.89 bits per heavy atom. The van der Waals surface area contributed by atoms with Gasteiger partial charge < -0.3 is 5.32 Å². The first-order chi connectivity index (χ1) is 13.6. The maximum Gasteiger partial charge on any atom is 0.257 e. The van der Waals surface area contributed by atoms with Crippen molar-refractivity contribution < 1.29 is 4.79 Å². The molecule has 0 aliphatic rings. The van der Waals surface area contributed by atoms with Crippen LogP contribution in [-0.2, 0) is 0 Å². The lowest BCUT2D eigenvalue weighted by Crippen LogP contribution is -2.16. The fourth-order valence-electron chi connectivity index (χ4n) is 2.90. The van der Waals surface area contributed by atoms with Gasteiger partial charge in [0.1, 0.15) is 12.7 Å². The number of carbonyl (C=O) groups excluding carboxylic acids is 1. The highest BCUT2D eigenvalue weighted by atomic mass is 79.9. The summed E-state index contributed by atoms with van der Waals surface area (Å²) in [5.41, 5.74) is 4.37. The Kier molecular flexibility index (Phi) is 4.99. The van der Waals surface area contributed by atoms with Gasteiger partial charge in [-0.15, -0.1) is 0 Å². The predicted octanol–water partition coefficient (Wildman–Crippen LogP) is 4.65. The van der Waals surface area contributed by atoms with E-state index in [4.69, 9.17) is 0 Å². The molecule has 1 N–H and O–H groups in total. The Labute approximate surface area is 170 Å². The lowest BCUT2D eigenvalue weighted by atomic mass is 10.1. The van der Waals surface area contributed by atoms with Crippen molar-refractivity contribution in [3.63, 3.8) is 0 Å². The van der Waals surface area contributed by atoms with Crippen molar-refractivity contribution in [2.24, 2.45) is 0 Å². The number of hydrogen-bond donors (Lipinski definition) is 1. The molecule has 0 aliphatic carbocycles. The number of carbonyl (C=O) groups is 1. The van der Waals surface area contributed by atoms with Crippen LogP contribution in [0.2, 0.25) is 0 Å². The van der Waals surface area contributed by atoms with Crippen molar-refractivity contribution in [1.82, 2.24) is 19.7 Å². The molecule has 6 nitrogen and oxygen atoms in total. The number of anilines is 1. The molecular weight excluding hydrogens is 418 g/mol. The first-order valence-corrected chi connectivity index (χ1v) is 9.40. The molecule has 0 atom stereocenters. The summed E-state index contributed by atoms with van der Waals surface area (Å²) in [4.78, 5) is 21.5. The molecule has 0 saturated heterocycles. The zero-order chi connectivity index (χ0) is 19.5. The molecule has 0 saturated carbocycles. The van der Waals surface area contributed by atoms with Gasteiger partial charge in [0, 0.05) is 10.0 Å². The fourth-order valence-corrected chi connectivity index (χ4v) is 3.26. The summed E-state index contributed by atoms with van der Waals surface area (Å²) in [6.07, 6.45) is 3.03. The maximum absolute atomic E-state index is 12.9. The van der Waals surface area contributed by atoms with Gasteiger partial charge in [-0.1, -0.05) is 46.3 Å². The number of hydrogen-bond acceptors (Lipinski definition) is 4. The smallest absolute Gasteiger partial charge is 0.257 e. The van der Waals surface area contributed by atoms with E-state index >= 15 is 0 Å². The SMILES string of the molecule is Cc1nc(-c2ccccc2)ccc1C(=O)Nc1cc(Br)ccc1-n1cncn1. The highest BCUT2D eigenvalue weighted by Gasteiger charge is 2.15. The summed E-state index contributed by atoms with van der Waals surface area (Å²) >= 11 is 3.45. The molecule has 2 aromatic heterocycles. The monoisotopic (exact) mass is 433 g/mol. The van der Waals surface area contributed by atoms with Crippen molar-refractivity contribution >= 4 is 27.5 Å².